The van der Waals surface area contributed by atoms with E-state index in [1.807, 2.05) is 12.4 Å². The summed E-state index contributed by atoms with van der Waals surface area (Å²) >= 11 is 0. The fourth-order valence-electron chi connectivity index (χ4n) is 4.28. The molecule has 0 fully saturated rings. The third kappa shape index (κ3) is 4.54. The largest absolute Gasteiger partial charge is 0.370 e. The Morgan fingerprint density at radius 2 is 1.22 bits per heavy atom. The molecule has 0 saturated heterocycles. The summed E-state index contributed by atoms with van der Waals surface area (Å²) < 4.78 is 5.69. The van der Waals surface area contributed by atoms with Crippen molar-refractivity contribution in [1.82, 2.24) is 0 Å². The van der Waals surface area contributed by atoms with Gasteiger partial charge in [0.15, 0.2) is 0 Å². The maximum absolute atomic E-state index is 5.69. The second-order valence-electron chi connectivity index (χ2n) is 7.41. The summed E-state index contributed by atoms with van der Waals surface area (Å²) in [5.41, 5.74) is 5.67. The van der Waals surface area contributed by atoms with Crippen LogP contribution in [0.3, 0.4) is 0 Å². The molecule has 2 aliphatic rings. The Balaban J connectivity index is 1.24. The lowest BCUT2D eigenvalue weighted by Gasteiger charge is -2.22. The number of rotatable bonds is 6. The second kappa shape index (κ2) is 9.09. The molecule has 4 rings (SSSR count). The van der Waals surface area contributed by atoms with E-state index in [9.17, 15) is 0 Å². The zero-order chi connectivity index (χ0) is 18.3. The maximum atomic E-state index is 5.69. The van der Waals surface area contributed by atoms with Crippen molar-refractivity contribution in [1.29, 1.82) is 0 Å². The first-order chi connectivity index (χ1) is 13.4. The summed E-state index contributed by atoms with van der Waals surface area (Å²) in [4.78, 5) is 9.49. The molecule has 2 atom stereocenters. The van der Waals surface area contributed by atoms with Crippen molar-refractivity contribution in [3.05, 3.63) is 70.8 Å². The molecule has 2 unspecified atom stereocenters. The van der Waals surface area contributed by atoms with Crippen LogP contribution in [0, 0.1) is 0 Å². The van der Waals surface area contributed by atoms with Gasteiger partial charge in [-0.15, -0.1) is 0 Å². The number of benzene rings is 2. The summed E-state index contributed by atoms with van der Waals surface area (Å²) in [6.07, 6.45) is 10.9. The second-order valence-corrected chi connectivity index (χ2v) is 7.41. The smallest absolute Gasteiger partial charge is 0.0819 e. The molecule has 0 amide bonds. The van der Waals surface area contributed by atoms with Gasteiger partial charge in [-0.1, -0.05) is 48.5 Å². The van der Waals surface area contributed by atoms with E-state index in [2.05, 4.69) is 48.5 Å². The van der Waals surface area contributed by atoms with Crippen molar-refractivity contribution >= 4 is 12.4 Å². The zero-order valence-electron chi connectivity index (χ0n) is 15.9. The van der Waals surface area contributed by atoms with Crippen molar-refractivity contribution in [2.24, 2.45) is 9.98 Å². The van der Waals surface area contributed by atoms with Crippen LogP contribution in [0.2, 0.25) is 0 Å². The molecular weight excluding hydrogens is 332 g/mol. The fourth-order valence-corrected chi connectivity index (χ4v) is 4.28. The highest BCUT2D eigenvalue weighted by atomic mass is 16.5. The van der Waals surface area contributed by atoms with Gasteiger partial charge in [0.2, 0.25) is 0 Å². The molecule has 0 aliphatic heterocycles. The first kappa shape index (κ1) is 18.1. The number of aliphatic imine (C=N–C) groups is 2. The number of aryl methyl sites for hydroxylation is 2. The molecule has 0 aromatic heterocycles. The van der Waals surface area contributed by atoms with Gasteiger partial charge in [0, 0.05) is 12.4 Å². The van der Waals surface area contributed by atoms with Gasteiger partial charge in [0.05, 0.1) is 25.3 Å². The van der Waals surface area contributed by atoms with Crippen LogP contribution < -0.4 is 0 Å². The molecule has 2 aromatic rings. The Hall–Kier alpha value is -2.26. The number of fused-ring (bicyclic) bond motifs is 2. The molecule has 0 bridgehead atoms. The standard InChI is InChI=1S/C24H28N2O/c1-3-11-21-19(7-1)9-5-13-23(21)25-15-17-27-18-16-26-24-14-6-10-20-8-2-4-12-22(20)24/h1-4,7-8,11-12,15-16,23-24H,5-6,9-10,13-14,17-18H2. The average molecular weight is 361 g/mol. The van der Waals surface area contributed by atoms with E-state index in [1.165, 1.54) is 47.9 Å². The SMILES string of the molecule is C(COCC=NC1CCCc2ccccc21)=NC1CCCc2ccccc21. The van der Waals surface area contributed by atoms with Gasteiger partial charge in [-0.2, -0.15) is 0 Å². The average Bonchev–Trinajstić information content (AvgIpc) is 2.73. The van der Waals surface area contributed by atoms with Crippen LogP contribution in [-0.4, -0.2) is 25.6 Å². The van der Waals surface area contributed by atoms with Crippen LogP contribution in [-0.2, 0) is 17.6 Å². The minimum absolute atomic E-state index is 0.297. The van der Waals surface area contributed by atoms with Gasteiger partial charge in [-0.05, 0) is 60.8 Å². The lowest BCUT2D eigenvalue weighted by atomic mass is 9.88. The minimum atomic E-state index is 0.297. The molecule has 3 nitrogen and oxygen atoms in total. The van der Waals surface area contributed by atoms with Crippen LogP contribution >= 0.6 is 0 Å². The van der Waals surface area contributed by atoms with Crippen molar-refractivity contribution in [2.45, 2.75) is 50.6 Å². The highest BCUT2D eigenvalue weighted by Gasteiger charge is 2.18. The Morgan fingerprint density at radius 1 is 0.741 bits per heavy atom. The van der Waals surface area contributed by atoms with E-state index >= 15 is 0 Å². The molecule has 3 heteroatoms. The lowest BCUT2D eigenvalue weighted by Crippen LogP contribution is -2.09. The lowest BCUT2D eigenvalue weighted by molar-refractivity contribution is 0.219. The minimum Gasteiger partial charge on any atom is -0.370 e. The van der Waals surface area contributed by atoms with Gasteiger partial charge in [0.1, 0.15) is 0 Å². The number of nitrogens with zero attached hydrogens (tertiary/aromatic N) is 2. The third-order valence-electron chi connectivity index (χ3n) is 5.63. The molecule has 140 valence electrons. The monoisotopic (exact) mass is 360 g/mol. The first-order valence-corrected chi connectivity index (χ1v) is 10.2. The maximum Gasteiger partial charge on any atom is 0.0819 e. The topological polar surface area (TPSA) is 34.0 Å². The summed E-state index contributed by atoms with van der Waals surface area (Å²) in [7, 11) is 0. The van der Waals surface area contributed by atoms with E-state index in [1.54, 1.807) is 0 Å². The van der Waals surface area contributed by atoms with Gasteiger partial charge >= 0.3 is 0 Å². The summed E-state index contributed by atoms with van der Waals surface area (Å²) in [5, 5.41) is 0. The predicted octanol–water partition coefficient (Wildman–Crippen LogP) is 5.30. The van der Waals surface area contributed by atoms with E-state index in [4.69, 9.17) is 14.7 Å². The number of hydrogen-bond acceptors (Lipinski definition) is 3. The first-order valence-electron chi connectivity index (χ1n) is 10.2. The van der Waals surface area contributed by atoms with Crippen LogP contribution in [0.1, 0.15) is 60.0 Å². The van der Waals surface area contributed by atoms with Crippen LogP contribution in [0.25, 0.3) is 0 Å². The normalized spacial score (nSPS) is 22.1. The molecule has 0 saturated carbocycles. The Morgan fingerprint density at radius 3 is 1.74 bits per heavy atom. The Kier molecular flexibility index (Phi) is 6.10. The summed E-state index contributed by atoms with van der Waals surface area (Å²) in [6.45, 7) is 1.10. The zero-order valence-corrected chi connectivity index (χ0v) is 15.9. The molecule has 2 aromatic carbocycles. The van der Waals surface area contributed by atoms with E-state index in [0.29, 0.717) is 25.3 Å². The fraction of sp³-hybridized carbons (Fsp3) is 0.417. The van der Waals surface area contributed by atoms with Crippen molar-refractivity contribution < 1.29 is 4.74 Å². The summed E-state index contributed by atoms with van der Waals surface area (Å²) in [5.74, 6) is 0. The van der Waals surface area contributed by atoms with E-state index in [-0.39, 0.29) is 0 Å². The third-order valence-corrected chi connectivity index (χ3v) is 5.63. The van der Waals surface area contributed by atoms with Crippen molar-refractivity contribution in [3.63, 3.8) is 0 Å². The molecule has 0 N–H and O–H groups in total. The van der Waals surface area contributed by atoms with Crippen LogP contribution in [0.4, 0.5) is 0 Å². The molecular formula is C24H28N2O. The predicted molar refractivity (Wildman–Crippen MR) is 112 cm³/mol. The quantitative estimate of drug-likeness (QED) is 0.508. The molecule has 0 radical (unpaired) electrons. The Labute approximate surface area is 162 Å². The molecule has 27 heavy (non-hydrogen) atoms. The van der Waals surface area contributed by atoms with Crippen molar-refractivity contribution in [3.8, 4) is 0 Å². The molecule has 0 spiro atoms. The van der Waals surface area contributed by atoms with Crippen LogP contribution in [0.15, 0.2) is 58.5 Å². The number of hydrogen-bond donors (Lipinski definition) is 0. The van der Waals surface area contributed by atoms with Gasteiger partial charge in [-0.3, -0.25) is 9.98 Å². The van der Waals surface area contributed by atoms with Gasteiger partial charge < -0.3 is 4.74 Å². The van der Waals surface area contributed by atoms with Gasteiger partial charge in [-0.25, -0.2) is 0 Å². The molecule has 0 heterocycles. The molecule has 2 aliphatic carbocycles. The highest BCUT2D eigenvalue weighted by molar-refractivity contribution is 5.62. The summed E-state index contributed by atoms with van der Waals surface area (Å²) in [6, 6.07) is 18.0. The number of ether oxygens (including phenoxy) is 1. The van der Waals surface area contributed by atoms with Gasteiger partial charge in [0.25, 0.3) is 0 Å². The van der Waals surface area contributed by atoms with E-state index in [0.717, 1.165) is 12.8 Å². The highest BCUT2D eigenvalue weighted by Crippen LogP contribution is 2.32. The van der Waals surface area contributed by atoms with Crippen molar-refractivity contribution in [2.75, 3.05) is 13.2 Å². The van der Waals surface area contributed by atoms with E-state index < -0.39 is 0 Å². The Bertz CT molecular complexity index is 744. The van der Waals surface area contributed by atoms with Crippen LogP contribution in [0.5, 0.6) is 0 Å².